The summed E-state index contributed by atoms with van der Waals surface area (Å²) in [6.45, 7) is 12.0. The molecule has 0 bridgehead atoms. The van der Waals surface area contributed by atoms with E-state index >= 15 is 4.39 Å². The summed E-state index contributed by atoms with van der Waals surface area (Å²) < 4.78 is 44.5. The normalized spacial score (nSPS) is 24.9. The molecule has 1 N–H and O–H groups in total. The van der Waals surface area contributed by atoms with Gasteiger partial charge in [-0.2, -0.15) is 4.98 Å². The van der Waals surface area contributed by atoms with E-state index in [4.69, 9.17) is 4.52 Å². The second-order valence-corrected chi connectivity index (χ2v) is 13.6. The third-order valence-corrected chi connectivity index (χ3v) is 9.64. The number of rotatable bonds is 7. The van der Waals surface area contributed by atoms with E-state index in [1.54, 1.807) is 6.08 Å². The number of hydrogen-bond donors (Lipinski definition) is 1. The number of nitrogens with zero attached hydrogens (tertiary/aromatic N) is 4. The zero-order valence-corrected chi connectivity index (χ0v) is 23.9. The lowest BCUT2D eigenvalue weighted by molar-refractivity contribution is 0.324. The number of allylic oxidation sites excluding steroid dienone is 1. The Balaban J connectivity index is 1.32. The molecule has 206 valence electrons. The van der Waals surface area contributed by atoms with Crippen LogP contribution in [-0.2, 0) is 16.3 Å². The van der Waals surface area contributed by atoms with Crippen molar-refractivity contribution < 1.29 is 17.3 Å². The Kier molecular flexibility index (Phi) is 6.90. The average Bonchev–Trinajstić information content (AvgIpc) is 3.31. The Morgan fingerprint density at radius 1 is 1.29 bits per heavy atom. The van der Waals surface area contributed by atoms with Gasteiger partial charge in [-0.3, -0.25) is 0 Å². The molecule has 0 amide bonds. The first-order valence-corrected chi connectivity index (χ1v) is 15.4. The topological polar surface area (TPSA) is 101 Å². The number of aryl methyl sites for hydroxylation is 1. The van der Waals surface area contributed by atoms with E-state index in [1.165, 1.54) is 5.56 Å². The van der Waals surface area contributed by atoms with E-state index in [0.717, 1.165) is 74.1 Å². The summed E-state index contributed by atoms with van der Waals surface area (Å²) in [5.41, 5.74) is 3.56. The predicted octanol–water partition coefficient (Wildman–Crippen LogP) is 5.45. The highest BCUT2D eigenvalue weighted by Crippen LogP contribution is 2.64. The fourth-order valence-corrected chi connectivity index (χ4v) is 6.79. The Hall–Kier alpha value is -2.75. The van der Waals surface area contributed by atoms with Gasteiger partial charge >= 0.3 is 0 Å². The molecule has 1 aliphatic heterocycles. The summed E-state index contributed by atoms with van der Waals surface area (Å²) in [5.74, 6) is 1.96. The van der Waals surface area contributed by atoms with E-state index in [2.05, 4.69) is 46.1 Å². The number of anilines is 2. The third kappa shape index (κ3) is 4.87. The number of halogens is 1. The van der Waals surface area contributed by atoms with Gasteiger partial charge in [0.05, 0.1) is 10.9 Å². The molecule has 2 aromatic rings. The van der Waals surface area contributed by atoms with Crippen molar-refractivity contribution in [2.45, 2.75) is 78.2 Å². The van der Waals surface area contributed by atoms with Crippen molar-refractivity contribution in [2.24, 2.45) is 11.3 Å². The van der Waals surface area contributed by atoms with Crippen molar-refractivity contribution in [3.05, 3.63) is 51.9 Å². The summed E-state index contributed by atoms with van der Waals surface area (Å²) in [6, 6.07) is -0.672. The molecule has 0 aromatic carbocycles. The van der Waals surface area contributed by atoms with Gasteiger partial charge in [0.25, 0.3) is 0 Å². The van der Waals surface area contributed by atoms with Crippen LogP contribution >= 0.6 is 0 Å². The van der Waals surface area contributed by atoms with Crippen molar-refractivity contribution in [1.82, 2.24) is 15.1 Å². The van der Waals surface area contributed by atoms with Gasteiger partial charge in [-0.25, -0.2) is 17.8 Å². The quantitative estimate of drug-likeness (QED) is 0.492. The summed E-state index contributed by atoms with van der Waals surface area (Å²) in [7, 11) is -3.47. The molecule has 3 unspecified atom stereocenters. The van der Waals surface area contributed by atoms with Crippen LogP contribution in [0.15, 0.2) is 33.6 Å². The first-order chi connectivity index (χ1) is 17.9. The maximum atomic E-state index is 15.0. The highest BCUT2D eigenvalue weighted by atomic mass is 32.2. The zero-order valence-electron chi connectivity index (χ0n) is 23.1. The molecule has 5 rings (SSSR count). The fourth-order valence-electron chi connectivity index (χ4n) is 6.00. The van der Waals surface area contributed by atoms with Gasteiger partial charge in [-0.1, -0.05) is 38.9 Å². The minimum absolute atomic E-state index is 0.0221. The molecule has 2 aromatic heterocycles. The molecule has 3 atom stereocenters. The first kappa shape index (κ1) is 26.8. The van der Waals surface area contributed by atoms with Crippen molar-refractivity contribution in [2.75, 3.05) is 29.6 Å². The minimum Gasteiger partial charge on any atom is -0.371 e. The Morgan fingerprint density at radius 2 is 2.00 bits per heavy atom. The maximum Gasteiger partial charge on any atom is 0.230 e. The van der Waals surface area contributed by atoms with Crippen molar-refractivity contribution in [3.8, 4) is 0 Å². The maximum absolute atomic E-state index is 15.0. The minimum atomic E-state index is -3.47. The number of nitrogens with one attached hydrogen (secondary N) is 1. The highest BCUT2D eigenvalue weighted by Gasteiger charge is 2.58. The number of sulfone groups is 1. The highest BCUT2D eigenvalue weighted by molar-refractivity contribution is 7.94. The molecule has 0 radical (unpaired) electrons. The average molecular weight is 544 g/mol. The number of hydrogen-bond acceptors (Lipinski definition) is 8. The van der Waals surface area contributed by atoms with Crippen LogP contribution in [0.3, 0.4) is 0 Å². The zero-order chi connectivity index (χ0) is 27.4. The molecule has 10 heteroatoms. The Bertz CT molecular complexity index is 1390. The summed E-state index contributed by atoms with van der Waals surface area (Å²) in [5, 5.41) is 7.43. The molecule has 1 saturated carbocycles. The van der Waals surface area contributed by atoms with E-state index in [1.807, 2.05) is 20.0 Å². The van der Waals surface area contributed by atoms with Crippen LogP contribution in [0.25, 0.3) is 0 Å². The lowest BCUT2D eigenvalue weighted by Gasteiger charge is -2.37. The van der Waals surface area contributed by atoms with Gasteiger partial charge in [0.15, 0.2) is 15.7 Å². The van der Waals surface area contributed by atoms with E-state index in [0.29, 0.717) is 11.7 Å². The van der Waals surface area contributed by atoms with E-state index in [9.17, 15) is 8.42 Å². The Morgan fingerprint density at radius 3 is 2.58 bits per heavy atom. The monoisotopic (exact) mass is 543 g/mol. The third-order valence-electron chi connectivity index (χ3n) is 8.53. The van der Waals surface area contributed by atoms with Gasteiger partial charge in [0.1, 0.15) is 11.6 Å². The van der Waals surface area contributed by atoms with E-state index in [-0.39, 0.29) is 22.2 Å². The van der Waals surface area contributed by atoms with Crippen molar-refractivity contribution >= 4 is 21.3 Å². The van der Waals surface area contributed by atoms with Gasteiger partial charge in [-0.15, -0.1) is 0 Å². The van der Waals surface area contributed by atoms with Gasteiger partial charge in [-0.05, 0) is 49.7 Å². The standard InChI is InChI=1S/C28H38FN5O3S/c1-7-19-15-30-26(31-23-17(4)12-20(13-22(23)29)38(6,35)36)18(5)24(19)34-10-8-28(9-11-34)14-21(28)27-32-25(16(2)3)33-37-27/h12-13,15-17,21,23H,7-11,14H2,1-6H3,(H,30,31). The van der Waals surface area contributed by atoms with Crippen LogP contribution in [0.5, 0.6) is 0 Å². The SMILES string of the molecule is CCc1cnc(NC2C(F)=CC(S(C)(=O)=O)=CC2C)c(C)c1N1CCC2(CC1)CC2c1nc(C(C)C)no1. The van der Waals surface area contributed by atoms with Crippen LogP contribution in [0.4, 0.5) is 15.9 Å². The summed E-state index contributed by atoms with van der Waals surface area (Å²) in [6.07, 6.45) is 9.76. The number of pyridine rings is 1. The van der Waals surface area contributed by atoms with Crippen LogP contribution in [0, 0.1) is 18.3 Å². The largest absolute Gasteiger partial charge is 0.371 e. The fraction of sp³-hybridized carbons (Fsp3) is 0.607. The number of aromatic nitrogens is 3. The Labute approximate surface area is 224 Å². The summed E-state index contributed by atoms with van der Waals surface area (Å²) in [4.78, 5) is 11.8. The molecule has 2 fully saturated rings. The second-order valence-electron chi connectivity index (χ2n) is 11.6. The molecule has 8 nitrogen and oxygen atoms in total. The molecule has 1 saturated heterocycles. The van der Waals surface area contributed by atoms with Crippen molar-refractivity contribution in [3.63, 3.8) is 0 Å². The smallest absolute Gasteiger partial charge is 0.230 e. The van der Waals surface area contributed by atoms with Crippen molar-refractivity contribution in [1.29, 1.82) is 0 Å². The molecule has 1 spiro atoms. The second kappa shape index (κ2) is 9.77. The molecular formula is C28H38FN5O3S. The molecule has 38 heavy (non-hydrogen) atoms. The predicted molar refractivity (Wildman–Crippen MR) is 147 cm³/mol. The van der Waals surface area contributed by atoms with Crippen LogP contribution in [-0.4, -0.2) is 48.9 Å². The van der Waals surface area contributed by atoms with Crippen LogP contribution in [0.1, 0.15) is 81.6 Å². The van der Waals surface area contributed by atoms with Crippen LogP contribution < -0.4 is 10.2 Å². The first-order valence-electron chi connectivity index (χ1n) is 13.6. The number of piperidine rings is 1. The lowest BCUT2D eigenvalue weighted by Crippen LogP contribution is -2.36. The molecule has 3 aliphatic rings. The molecule has 3 heterocycles. The van der Waals surface area contributed by atoms with Gasteiger partial charge < -0.3 is 14.7 Å². The van der Waals surface area contributed by atoms with Gasteiger partial charge in [0.2, 0.25) is 5.89 Å². The van der Waals surface area contributed by atoms with E-state index < -0.39 is 21.7 Å². The summed E-state index contributed by atoms with van der Waals surface area (Å²) >= 11 is 0. The van der Waals surface area contributed by atoms with Gasteiger partial charge in [0, 0.05) is 54.5 Å². The van der Waals surface area contributed by atoms with Crippen LogP contribution in [0.2, 0.25) is 0 Å². The lowest BCUT2D eigenvalue weighted by atomic mass is 9.89. The molecule has 2 aliphatic carbocycles. The molecular weight excluding hydrogens is 505 g/mol.